The smallest absolute Gasteiger partial charge is 0.283 e. The van der Waals surface area contributed by atoms with Crippen molar-refractivity contribution in [3.8, 4) is 0 Å². The lowest BCUT2D eigenvalue weighted by molar-refractivity contribution is -0.385. The van der Waals surface area contributed by atoms with Crippen LogP contribution in [0.4, 0.5) is 5.69 Å². The largest absolute Gasteiger partial charge is 0.299 e. The molecule has 4 nitrogen and oxygen atoms in total. The predicted octanol–water partition coefficient (Wildman–Crippen LogP) is 4.23. The lowest BCUT2D eigenvalue weighted by atomic mass is 10.1. The second-order valence-electron chi connectivity index (χ2n) is 4.88. The molecule has 1 aromatic rings. The molecule has 0 radical (unpaired) electrons. The van der Waals surface area contributed by atoms with Crippen molar-refractivity contribution in [3.05, 3.63) is 38.3 Å². The molecule has 0 saturated carbocycles. The first kappa shape index (κ1) is 16.1. The van der Waals surface area contributed by atoms with Gasteiger partial charge in [0.2, 0.25) is 0 Å². The summed E-state index contributed by atoms with van der Waals surface area (Å²) in [4.78, 5) is 12.9. The van der Waals surface area contributed by atoms with Gasteiger partial charge in [0, 0.05) is 19.2 Å². The maximum atomic E-state index is 10.9. The Kier molecular flexibility index (Phi) is 6.45. The number of benzene rings is 1. The van der Waals surface area contributed by atoms with E-state index in [9.17, 15) is 10.1 Å². The molecule has 1 unspecified atom stereocenters. The third-order valence-corrected chi connectivity index (χ3v) is 4.00. The third kappa shape index (κ3) is 4.91. The average Bonchev–Trinajstić information content (AvgIpc) is 2.39. The molecule has 0 fully saturated rings. The van der Waals surface area contributed by atoms with Gasteiger partial charge in [-0.05, 0) is 40.0 Å². The fourth-order valence-corrected chi connectivity index (χ4v) is 2.32. The van der Waals surface area contributed by atoms with Crippen molar-refractivity contribution in [1.29, 1.82) is 0 Å². The second-order valence-corrected chi connectivity index (χ2v) is 5.74. The van der Waals surface area contributed by atoms with Gasteiger partial charge >= 0.3 is 0 Å². The van der Waals surface area contributed by atoms with Crippen LogP contribution in [-0.2, 0) is 6.54 Å². The lowest BCUT2D eigenvalue weighted by Crippen LogP contribution is -2.27. The summed E-state index contributed by atoms with van der Waals surface area (Å²) >= 11 is 3.21. The van der Waals surface area contributed by atoms with Crippen molar-refractivity contribution in [3.63, 3.8) is 0 Å². The predicted molar refractivity (Wildman–Crippen MR) is 81.2 cm³/mol. The van der Waals surface area contributed by atoms with E-state index < -0.39 is 0 Å². The van der Waals surface area contributed by atoms with E-state index in [1.165, 1.54) is 0 Å². The number of nitro benzene ring substituents is 1. The maximum Gasteiger partial charge on any atom is 0.283 e. The van der Waals surface area contributed by atoms with Crippen LogP contribution in [0, 0.1) is 16.0 Å². The molecule has 0 N–H and O–H groups in total. The van der Waals surface area contributed by atoms with Crippen molar-refractivity contribution >= 4 is 21.6 Å². The third-order valence-electron chi connectivity index (χ3n) is 3.33. The number of hydrogen-bond acceptors (Lipinski definition) is 3. The zero-order chi connectivity index (χ0) is 14.4. The number of halogens is 1. The van der Waals surface area contributed by atoms with E-state index in [0.717, 1.165) is 31.6 Å². The summed E-state index contributed by atoms with van der Waals surface area (Å²) in [7, 11) is 0. The average molecular weight is 329 g/mol. The van der Waals surface area contributed by atoms with Crippen molar-refractivity contribution in [1.82, 2.24) is 4.90 Å². The molecule has 0 saturated heterocycles. The van der Waals surface area contributed by atoms with Crippen molar-refractivity contribution in [2.45, 2.75) is 33.7 Å². The Morgan fingerprint density at radius 3 is 2.63 bits per heavy atom. The lowest BCUT2D eigenvalue weighted by Gasteiger charge is -2.23. The number of hydrogen-bond donors (Lipinski definition) is 0. The fourth-order valence-electron chi connectivity index (χ4n) is 1.93. The highest BCUT2D eigenvalue weighted by molar-refractivity contribution is 9.10. The highest BCUT2D eigenvalue weighted by Crippen LogP contribution is 2.26. The quantitative estimate of drug-likeness (QED) is 0.556. The molecular weight excluding hydrogens is 308 g/mol. The van der Waals surface area contributed by atoms with E-state index in [1.54, 1.807) is 12.1 Å². The second kappa shape index (κ2) is 7.60. The Labute approximate surface area is 123 Å². The summed E-state index contributed by atoms with van der Waals surface area (Å²) in [6.07, 6.45) is 1.15. The Bertz CT molecular complexity index is 437. The number of rotatable bonds is 7. The number of nitrogens with zero attached hydrogens (tertiary/aromatic N) is 2. The van der Waals surface area contributed by atoms with Crippen molar-refractivity contribution in [2.24, 2.45) is 5.92 Å². The van der Waals surface area contributed by atoms with Gasteiger partial charge in [0.25, 0.3) is 5.69 Å². The monoisotopic (exact) mass is 328 g/mol. The summed E-state index contributed by atoms with van der Waals surface area (Å²) in [6, 6.07) is 5.35. The van der Waals surface area contributed by atoms with E-state index in [4.69, 9.17) is 0 Å². The zero-order valence-corrected chi connectivity index (χ0v) is 13.3. The van der Waals surface area contributed by atoms with Gasteiger partial charge in [-0.3, -0.25) is 15.0 Å². The normalized spacial score (nSPS) is 12.7. The molecule has 0 aliphatic rings. The van der Waals surface area contributed by atoms with E-state index in [2.05, 4.69) is 41.6 Å². The summed E-state index contributed by atoms with van der Waals surface area (Å²) in [6.45, 7) is 9.27. The van der Waals surface area contributed by atoms with Gasteiger partial charge in [0.15, 0.2) is 0 Å². The molecule has 0 aliphatic carbocycles. The van der Waals surface area contributed by atoms with Gasteiger partial charge in [0.05, 0.1) is 9.40 Å². The fraction of sp³-hybridized carbons (Fsp3) is 0.571. The number of nitro groups is 1. The van der Waals surface area contributed by atoms with Gasteiger partial charge in [-0.15, -0.1) is 0 Å². The standard InChI is InChI=1S/C14H21BrN2O2/c1-4-11(3)9-16(5-2)10-12-6-7-13(15)14(8-12)17(18)19/h6-8,11H,4-5,9-10H2,1-3H3. The van der Waals surface area contributed by atoms with Crippen LogP contribution in [0.25, 0.3) is 0 Å². The van der Waals surface area contributed by atoms with Crippen molar-refractivity contribution in [2.75, 3.05) is 13.1 Å². The molecule has 0 aromatic heterocycles. The van der Waals surface area contributed by atoms with Crippen LogP contribution < -0.4 is 0 Å². The van der Waals surface area contributed by atoms with E-state index in [-0.39, 0.29) is 10.6 Å². The minimum Gasteiger partial charge on any atom is -0.299 e. The molecule has 106 valence electrons. The van der Waals surface area contributed by atoms with E-state index >= 15 is 0 Å². The van der Waals surface area contributed by atoms with Crippen LogP contribution in [0.15, 0.2) is 22.7 Å². The molecule has 5 heteroatoms. The molecule has 0 aliphatic heterocycles. The van der Waals surface area contributed by atoms with Gasteiger partial charge in [0.1, 0.15) is 0 Å². The Morgan fingerprint density at radius 1 is 1.42 bits per heavy atom. The van der Waals surface area contributed by atoms with Crippen LogP contribution in [-0.4, -0.2) is 22.9 Å². The molecule has 0 bridgehead atoms. The molecule has 1 aromatic carbocycles. The van der Waals surface area contributed by atoms with E-state index in [0.29, 0.717) is 10.4 Å². The van der Waals surface area contributed by atoms with E-state index in [1.807, 2.05) is 6.07 Å². The molecule has 1 atom stereocenters. The Hall–Kier alpha value is -0.940. The van der Waals surface area contributed by atoms with Gasteiger partial charge in [-0.25, -0.2) is 0 Å². The summed E-state index contributed by atoms with van der Waals surface area (Å²) in [5.74, 6) is 0.644. The summed E-state index contributed by atoms with van der Waals surface area (Å²) in [5.41, 5.74) is 1.12. The van der Waals surface area contributed by atoms with Crippen LogP contribution >= 0.6 is 15.9 Å². The minimum absolute atomic E-state index is 0.136. The first-order valence-corrected chi connectivity index (χ1v) is 7.42. The van der Waals surface area contributed by atoms with Crippen LogP contribution in [0.1, 0.15) is 32.8 Å². The molecule has 19 heavy (non-hydrogen) atoms. The van der Waals surface area contributed by atoms with Crippen LogP contribution in [0.5, 0.6) is 0 Å². The molecule has 0 amide bonds. The molecule has 1 rings (SSSR count). The SMILES string of the molecule is CCC(C)CN(CC)Cc1ccc(Br)c([N+](=O)[O-])c1. The topological polar surface area (TPSA) is 46.4 Å². The first-order valence-electron chi connectivity index (χ1n) is 6.63. The molecular formula is C14H21BrN2O2. The highest BCUT2D eigenvalue weighted by Gasteiger charge is 2.14. The molecule has 0 spiro atoms. The Morgan fingerprint density at radius 2 is 2.11 bits per heavy atom. The summed E-state index contributed by atoms with van der Waals surface area (Å²) in [5, 5.41) is 10.9. The van der Waals surface area contributed by atoms with Crippen LogP contribution in [0.3, 0.4) is 0 Å². The van der Waals surface area contributed by atoms with Gasteiger partial charge < -0.3 is 0 Å². The molecule has 0 heterocycles. The summed E-state index contributed by atoms with van der Waals surface area (Å²) < 4.78 is 0.534. The minimum atomic E-state index is -0.349. The zero-order valence-electron chi connectivity index (χ0n) is 11.7. The maximum absolute atomic E-state index is 10.9. The highest BCUT2D eigenvalue weighted by atomic mass is 79.9. The van der Waals surface area contributed by atoms with Gasteiger partial charge in [-0.1, -0.05) is 33.3 Å². The Balaban J connectivity index is 2.80. The van der Waals surface area contributed by atoms with Gasteiger partial charge in [-0.2, -0.15) is 0 Å². The first-order chi connectivity index (χ1) is 8.97. The van der Waals surface area contributed by atoms with Crippen molar-refractivity contribution < 1.29 is 4.92 Å². The van der Waals surface area contributed by atoms with Crippen LogP contribution in [0.2, 0.25) is 0 Å².